The molecule has 3 N–H and O–H groups in total. The molecular formula is C14H29N3O. The van der Waals surface area contributed by atoms with Gasteiger partial charge in [0.05, 0.1) is 6.04 Å². The smallest absolute Gasteiger partial charge is 0.234 e. The van der Waals surface area contributed by atoms with Crippen molar-refractivity contribution in [3.63, 3.8) is 0 Å². The molecule has 1 aliphatic carbocycles. The second-order valence-corrected chi connectivity index (χ2v) is 6.17. The van der Waals surface area contributed by atoms with Crippen LogP contribution in [0.3, 0.4) is 0 Å². The van der Waals surface area contributed by atoms with Crippen LogP contribution in [0.4, 0.5) is 0 Å². The summed E-state index contributed by atoms with van der Waals surface area (Å²) in [5.74, 6) is 0.436. The summed E-state index contributed by atoms with van der Waals surface area (Å²) in [6.07, 6.45) is 3.18. The van der Waals surface area contributed by atoms with Crippen LogP contribution >= 0.6 is 0 Å². The third-order valence-electron chi connectivity index (χ3n) is 3.39. The molecule has 106 valence electrons. The average Bonchev–Trinajstić information content (AvgIpc) is 3.04. The molecule has 1 amide bonds. The van der Waals surface area contributed by atoms with Gasteiger partial charge in [0.15, 0.2) is 0 Å². The first-order valence-electron chi connectivity index (χ1n) is 7.19. The molecule has 1 unspecified atom stereocenters. The number of nitrogens with zero attached hydrogens (tertiary/aromatic N) is 1. The molecule has 1 atom stereocenters. The molecule has 0 aromatic heterocycles. The van der Waals surface area contributed by atoms with Gasteiger partial charge in [0, 0.05) is 25.2 Å². The van der Waals surface area contributed by atoms with Crippen molar-refractivity contribution < 1.29 is 4.79 Å². The van der Waals surface area contributed by atoms with Crippen LogP contribution in [0, 0.1) is 5.92 Å². The van der Waals surface area contributed by atoms with Crippen LogP contribution < -0.4 is 11.1 Å². The molecular weight excluding hydrogens is 226 g/mol. The van der Waals surface area contributed by atoms with Gasteiger partial charge in [-0.3, -0.25) is 4.79 Å². The van der Waals surface area contributed by atoms with Gasteiger partial charge in [0.1, 0.15) is 0 Å². The molecule has 0 aromatic carbocycles. The number of hydrogen-bond acceptors (Lipinski definition) is 3. The van der Waals surface area contributed by atoms with E-state index in [-0.39, 0.29) is 11.9 Å². The van der Waals surface area contributed by atoms with Crippen molar-refractivity contribution in [3.05, 3.63) is 0 Å². The van der Waals surface area contributed by atoms with E-state index in [9.17, 15) is 4.79 Å². The number of amides is 1. The highest BCUT2D eigenvalue weighted by molar-refractivity contribution is 5.79. The standard InChI is InChI=1S/C14H29N3O/c1-10(2)9-17(11(3)4)8-7-13(14(15)18)16-12-5-6-12/h10-13,16H,5-9H2,1-4H3,(H2,15,18). The van der Waals surface area contributed by atoms with Gasteiger partial charge in [-0.25, -0.2) is 0 Å². The lowest BCUT2D eigenvalue weighted by atomic mass is 10.1. The van der Waals surface area contributed by atoms with E-state index in [4.69, 9.17) is 5.73 Å². The maximum absolute atomic E-state index is 11.4. The first-order chi connectivity index (χ1) is 8.40. The molecule has 0 radical (unpaired) electrons. The topological polar surface area (TPSA) is 58.4 Å². The van der Waals surface area contributed by atoms with Crippen LogP contribution in [-0.4, -0.2) is 42.0 Å². The number of nitrogens with one attached hydrogen (secondary N) is 1. The molecule has 0 heterocycles. The zero-order chi connectivity index (χ0) is 13.7. The molecule has 0 aromatic rings. The molecule has 4 nitrogen and oxygen atoms in total. The molecule has 0 spiro atoms. The van der Waals surface area contributed by atoms with Crippen LogP contribution in [0.2, 0.25) is 0 Å². The lowest BCUT2D eigenvalue weighted by Crippen LogP contribution is -2.45. The Morgan fingerprint density at radius 1 is 1.33 bits per heavy atom. The van der Waals surface area contributed by atoms with Gasteiger partial charge in [0.25, 0.3) is 0 Å². The van der Waals surface area contributed by atoms with Crippen molar-refractivity contribution in [2.24, 2.45) is 11.7 Å². The Morgan fingerprint density at radius 3 is 2.33 bits per heavy atom. The molecule has 1 rings (SSSR count). The minimum atomic E-state index is -0.213. The first-order valence-corrected chi connectivity index (χ1v) is 7.19. The highest BCUT2D eigenvalue weighted by atomic mass is 16.1. The summed E-state index contributed by atoms with van der Waals surface area (Å²) in [5.41, 5.74) is 5.46. The van der Waals surface area contributed by atoms with Gasteiger partial charge in [-0.2, -0.15) is 0 Å². The zero-order valence-electron chi connectivity index (χ0n) is 12.3. The normalized spacial score (nSPS) is 17.7. The molecule has 0 bridgehead atoms. The van der Waals surface area contributed by atoms with Gasteiger partial charge in [-0.15, -0.1) is 0 Å². The SMILES string of the molecule is CC(C)CN(CCC(NC1CC1)C(N)=O)C(C)C. The monoisotopic (exact) mass is 255 g/mol. The lowest BCUT2D eigenvalue weighted by Gasteiger charge is -2.29. The summed E-state index contributed by atoms with van der Waals surface area (Å²) in [6.45, 7) is 10.9. The second-order valence-electron chi connectivity index (χ2n) is 6.17. The second kappa shape index (κ2) is 7.10. The lowest BCUT2D eigenvalue weighted by molar-refractivity contribution is -0.120. The van der Waals surface area contributed by atoms with Crippen molar-refractivity contribution in [1.29, 1.82) is 0 Å². The number of carbonyl (C=O) groups excluding carboxylic acids is 1. The van der Waals surface area contributed by atoms with Crippen molar-refractivity contribution in [3.8, 4) is 0 Å². The van der Waals surface area contributed by atoms with E-state index in [1.807, 2.05) is 0 Å². The summed E-state index contributed by atoms with van der Waals surface area (Å²) in [6, 6.07) is 0.882. The minimum absolute atomic E-state index is 0.161. The molecule has 1 saturated carbocycles. The summed E-state index contributed by atoms with van der Waals surface area (Å²) in [5, 5.41) is 3.34. The Balaban J connectivity index is 2.39. The maximum Gasteiger partial charge on any atom is 0.234 e. The summed E-state index contributed by atoms with van der Waals surface area (Å²) in [4.78, 5) is 13.8. The Hall–Kier alpha value is -0.610. The predicted molar refractivity (Wildman–Crippen MR) is 75.3 cm³/mol. The first kappa shape index (κ1) is 15.4. The van der Waals surface area contributed by atoms with E-state index in [1.165, 1.54) is 12.8 Å². The Bertz CT molecular complexity index is 262. The van der Waals surface area contributed by atoms with E-state index >= 15 is 0 Å². The fraction of sp³-hybridized carbons (Fsp3) is 0.929. The molecule has 0 saturated heterocycles. The molecule has 18 heavy (non-hydrogen) atoms. The Morgan fingerprint density at radius 2 is 1.94 bits per heavy atom. The summed E-state index contributed by atoms with van der Waals surface area (Å²) < 4.78 is 0. The van der Waals surface area contributed by atoms with Gasteiger partial charge >= 0.3 is 0 Å². The summed E-state index contributed by atoms with van der Waals surface area (Å²) >= 11 is 0. The van der Waals surface area contributed by atoms with Crippen LogP contribution in [0.1, 0.15) is 47.0 Å². The van der Waals surface area contributed by atoms with Crippen molar-refractivity contribution in [2.45, 2.75) is 65.1 Å². The van der Waals surface area contributed by atoms with E-state index in [0.717, 1.165) is 19.5 Å². The van der Waals surface area contributed by atoms with E-state index in [2.05, 4.69) is 37.9 Å². The van der Waals surface area contributed by atoms with E-state index in [1.54, 1.807) is 0 Å². The third kappa shape index (κ3) is 5.83. The number of hydrogen-bond donors (Lipinski definition) is 2. The predicted octanol–water partition coefficient (Wildman–Crippen LogP) is 1.35. The van der Waals surface area contributed by atoms with Crippen LogP contribution in [0.15, 0.2) is 0 Å². The van der Waals surface area contributed by atoms with Crippen LogP contribution in [0.25, 0.3) is 0 Å². The Labute approximate surface area is 111 Å². The highest BCUT2D eigenvalue weighted by Crippen LogP contribution is 2.20. The zero-order valence-corrected chi connectivity index (χ0v) is 12.3. The quantitative estimate of drug-likeness (QED) is 0.654. The largest absolute Gasteiger partial charge is 0.368 e. The number of nitrogens with two attached hydrogens (primary N) is 1. The summed E-state index contributed by atoms with van der Waals surface area (Å²) in [7, 11) is 0. The van der Waals surface area contributed by atoms with Crippen LogP contribution in [-0.2, 0) is 4.79 Å². The number of primary amides is 1. The van der Waals surface area contributed by atoms with Gasteiger partial charge in [0.2, 0.25) is 5.91 Å². The number of carbonyl (C=O) groups is 1. The third-order valence-corrected chi connectivity index (χ3v) is 3.39. The number of rotatable bonds is 9. The van der Waals surface area contributed by atoms with Crippen molar-refractivity contribution >= 4 is 5.91 Å². The van der Waals surface area contributed by atoms with E-state index in [0.29, 0.717) is 18.0 Å². The van der Waals surface area contributed by atoms with Crippen molar-refractivity contribution in [1.82, 2.24) is 10.2 Å². The minimum Gasteiger partial charge on any atom is -0.368 e. The average molecular weight is 255 g/mol. The van der Waals surface area contributed by atoms with Gasteiger partial charge < -0.3 is 16.0 Å². The Kier molecular flexibility index (Phi) is 6.09. The van der Waals surface area contributed by atoms with Gasteiger partial charge in [-0.05, 0) is 39.0 Å². The molecule has 1 aliphatic rings. The fourth-order valence-corrected chi connectivity index (χ4v) is 2.17. The van der Waals surface area contributed by atoms with Gasteiger partial charge in [-0.1, -0.05) is 13.8 Å². The molecule has 4 heteroatoms. The highest BCUT2D eigenvalue weighted by Gasteiger charge is 2.27. The fourth-order valence-electron chi connectivity index (χ4n) is 2.17. The van der Waals surface area contributed by atoms with E-state index < -0.39 is 0 Å². The maximum atomic E-state index is 11.4. The van der Waals surface area contributed by atoms with Crippen LogP contribution in [0.5, 0.6) is 0 Å². The van der Waals surface area contributed by atoms with Crippen molar-refractivity contribution in [2.75, 3.05) is 13.1 Å². The molecule has 1 fully saturated rings. The molecule has 0 aliphatic heterocycles.